The Labute approximate surface area is 202 Å². The summed E-state index contributed by atoms with van der Waals surface area (Å²) in [5, 5.41) is 4.70. The van der Waals surface area contributed by atoms with Gasteiger partial charge in [0.25, 0.3) is 5.19 Å². The summed E-state index contributed by atoms with van der Waals surface area (Å²) in [6, 6.07) is 14.1. The molecule has 0 radical (unpaired) electrons. The molecule has 1 aliphatic heterocycles. The lowest BCUT2D eigenvalue weighted by Gasteiger charge is -2.32. The van der Waals surface area contributed by atoms with Crippen LogP contribution in [0.2, 0.25) is 0 Å². The summed E-state index contributed by atoms with van der Waals surface area (Å²) in [6.07, 6.45) is 3.29. The molecule has 1 amide bonds. The maximum atomic E-state index is 12.0. The Morgan fingerprint density at radius 1 is 1.21 bits per heavy atom. The van der Waals surface area contributed by atoms with E-state index in [-0.39, 0.29) is 12.1 Å². The van der Waals surface area contributed by atoms with Crippen LogP contribution in [-0.4, -0.2) is 40.7 Å². The SMILES string of the molecule is CC(C)(C)OC(=O)NC1CCN(Cc2coc3cc(Oc4nc5ccccc5s4)ccc23)CC1. The summed E-state index contributed by atoms with van der Waals surface area (Å²) in [5.41, 5.74) is 2.41. The minimum atomic E-state index is -0.480. The first kappa shape index (κ1) is 22.7. The molecule has 0 spiro atoms. The van der Waals surface area contributed by atoms with E-state index in [1.807, 2.05) is 69.5 Å². The summed E-state index contributed by atoms with van der Waals surface area (Å²) in [5.74, 6) is 0.710. The average molecular weight is 480 g/mol. The largest absolute Gasteiger partial charge is 0.464 e. The van der Waals surface area contributed by atoms with E-state index in [9.17, 15) is 4.79 Å². The molecule has 8 heteroatoms. The summed E-state index contributed by atoms with van der Waals surface area (Å²) >= 11 is 1.53. The molecule has 178 valence electrons. The van der Waals surface area contributed by atoms with Crippen LogP contribution in [-0.2, 0) is 11.3 Å². The number of aromatic nitrogens is 1. The van der Waals surface area contributed by atoms with Crippen molar-refractivity contribution in [3.63, 3.8) is 0 Å². The van der Waals surface area contributed by atoms with Crippen LogP contribution in [0.3, 0.4) is 0 Å². The number of thiazole rings is 1. The standard InChI is InChI=1S/C26H29N3O4S/c1-26(2,3)33-24(30)27-18-10-12-29(13-11-18)15-17-16-31-22-14-19(8-9-20(17)22)32-25-28-21-6-4-5-7-23(21)34-25/h4-9,14,16,18H,10-13,15H2,1-3H3,(H,27,30). The molecule has 2 aromatic carbocycles. The zero-order valence-corrected chi connectivity index (χ0v) is 20.5. The molecule has 2 aromatic heterocycles. The van der Waals surface area contributed by atoms with Crippen molar-refractivity contribution in [2.24, 2.45) is 0 Å². The summed E-state index contributed by atoms with van der Waals surface area (Å²) in [6.45, 7) is 8.25. The third kappa shape index (κ3) is 5.34. The Hall–Kier alpha value is -3.10. The van der Waals surface area contributed by atoms with Crippen molar-refractivity contribution in [3.8, 4) is 10.9 Å². The summed E-state index contributed by atoms with van der Waals surface area (Å²) in [4.78, 5) is 19.0. The maximum Gasteiger partial charge on any atom is 0.407 e. The molecule has 1 saturated heterocycles. The molecule has 34 heavy (non-hydrogen) atoms. The number of alkyl carbamates (subject to hydrolysis) is 1. The van der Waals surface area contributed by atoms with E-state index in [0.29, 0.717) is 10.9 Å². The minimum absolute atomic E-state index is 0.148. The number of amides is 1. The number of carbonyl (C=O) groups is 1. The number of para-hydroxylation sites is 1. The van der Waals surface area contributed by atoms with Gasteiger partial charge in [0, 0.05) is 42.7 Å². The molecule has 0 aliphatic carbocycles. The summed E-state index contributed by atoms with van der Waals surface area (Å²) < 4.78 is 18.3. The first-order chi connectivity index (χ1) is 16.3. The third-order valence-corrected chi connectivity index (χ3v) is 6.72. The van der Waals surface area contributed by atoms with Gasteiger partial charge in [-0.1, -0.05) is 23.5 Å². The molecule has 0 atom stereocenters. The molecule has 4 aromatic rings. The lowest BCUT2D eigenvalue weighted by molar-refractivity contribution is 0.0477. The van der Waals surface area contributed by atoms with Crippen LogP contribution < -0.4 is 10.1 Å². The summed E-state index contributed by atoms with van der Waals surface area (Å²) in [7, 11) is 0. The van der Waals surface area contributed by atoms with E-state index in [2.05, 4.69) is 15.2 Å². The van der Waals surface area contributed by atoms with Crippen LogP contribution >= 0.6 is 11.3 Å². The molecule has 0 unspecified atom stereocenters. The Morgan fingerprint density at radius 2 is 2.00 bits per heavy atom. The van der Waals surface area contributed by atoms with Crippen molar-refractivity contribution in [2.75, 3.05) is 13.1 Å². The molecular formula is C26H29N3O4S. The number of hydrogen-bond acceptors (Lipinski definition) is 7. The predicted molar refractivity (Wildman–Crippen MR) is 134 cm³/mol. The van der Waals surface area contributed by atoms with E-state index in [4.69, 9.17) is 13.9 Å². The highest BCUT2D eigenvalue weighted by atomic mass is 32.1. The number of benzene rings is 2. The zero-order chi connectivity index (χ0) is 23.7. The van der Waals surface area contributed by atoms with Gasteiger partial charge in [0.2, 0.25) is 0 Å². The first-order valence-electron chi connectivity index (χ1n) is 11.6. The quantitative estimate of drug-likeness (QED) is 0.361. The highest BCUT2D eigenvalue weighted by Gasteiger charge is 2.24. The van der Waals surface area contributed by atoms with E-state index < -0.39 is 5.60 Å². The monoisotopic (exact) mass is 479 g/mol. The number of fused-ring (bicyclic) bond motifs is 2. The van der Waals surface area contributed by atoms with Crippen molar-refractivity contribution in [1.29, 1.82) is 0 Å². The van der Waals surface area contributed by atoms with Gasteiger partial charge in [0.05, 0.1) is 16.5 Å². The van der Waals surface area contributed by atoms with E-state index in [1.165, 1.54) is 11.3 Å². The number of ether oxygens (including phenoxy) is 2. The molecular weight excluding hydrogens is 450 g/mol. The number of piperidine rings is 1. The second-order valence-electron chi connectivity index (χ2n) is 9.67. The molecule has 1 N–H and O–H groups in total. The van der Waals surface area contributed by atoms with Crippen LogP contribution in [0.15, 0.2) is 53.1 Å². The van der Waals surface area contributed by atoms with Crippen molar-refractivity contribution >= 4 is 38.6 Å². The normalized spacial score (nSPS) is 15.6. The number of hydrogen-bond donors (Lipinski definition) is 1. The average Bonchev–Trinajstić information content (AvgIpc) is 3.37. The van der Waals surface area contributed by atoms with Gasteiger partial charge < -0.3 is 19.2 Å². The van der Waals surface area contributed by atoms with Crippen molar-refractivity contribution in [1.82, 2.24) is 15.2 Å². The fourth-order valence-corrected chi connectivity index (χ4v) is 5.03. The highest BCUT2D eigenvalue weighted by Crippen LogP contribution is 2.33. The van der Waals surface area contributed by atoms with Gasteiger partial charge in [-0.2, -0.15) is 0 Å². The lowest BCUT2D eigenvalue weighted by Crippen LogP contribution is -2.45. The number of rotatable bonds is 5. The van der Waals surface area contributed by atoms with Gasteiger partial charge in [-0.25, -0.2) is 9.78 Å². The molecule has 3 heterocycles. The van der Waals surface area contributed by atoms with Gasteiger partial charge in [-0.3, -0.25) is 4.90 Å². The van der Waals surface area contributed by atoms with Gasteiger partial charge in [-0.05, 0) is 57.9 Å². The number of nitrogens with zero attached hydrogens (tertiary/aromatic N) is 2. The molecule has 1 aliphatic rings. The molecule has 0 bridgehead atoms. The van der Waals surface area contributed by atoms with Gasteiger partial charge in [0.1, 0.15) is 16.9 Å². The Morgan fingerprint density at radius 3 is 2.76 bits per heavy atom. The fraction of sp³-hybridized carbons (Fsp3) is 0.385. The molecule has 1 fully saturated rings. The maximum absolute atomic E-state index is 12.0. The number of furan rings is 1. The van der Waals surface area contributed by atoms with Crippen LogP contribution in [0.5, 0.6) is 10.9 Å². The van der Waals surface area contributed by atoms with Crippen molar-refractivity contribution in [3.05, 3.63) is 54.3 Å². The van der Waals surface area contributed by atoms with Crippen molar-refractivity contribution < 1.29 is 18.7 Å². The van der Waals surface area contributed by atoms with Crippen LogP contribution in [0.1, 0.15) is 39.2 Å². The van der Waals surface area contributed by atoms with Crippen LogP contribution in [0.25, 0.3) is 21.2 Å². The number of nitrogens with one attached hydrogen (secondary N) is 1. The van der Waals surface area contributed by atoms with Crippen LogP contribution in [0, 0.1) is 0 Å². The van der Waals surface area contributed by atoms with Gasteiger partial charge >= 0.3 is 6.09 Å². The second-order valence-corrected chi connectivity index (χ2v) is 10.7. The third-order valence-electron chi connectivity index (χ3n) is 5.81. The Balaban J connectivity index is 1.18. The van der Waals surface area contributed by atoms with E-state index in [0.717, 1.165) is 59.2 Å². The topological polar surface area (TPSA) is 76.8 Å². The van der Waals surface area contributed by atoms with E-state index in [1.54, 1.807) is 0 Å². The molecule has 0 saturated carbocycles. The second kappa shape index (κ2) is 9.27. The number of likely N-dealkylation sites (tertiary alicyclic amines) is 1. The Kier molecular flexibility index (Phi) is 6.18. The van der Waals surface area contributed by atoms with Gasteiger partial charge in [-0.15, -0.1) is 0 Å². The zero-order valence-electron chi connectivity index (χ0n) is 19.7. The molecule has 7 nitrogen and oxygen atoms in total. The fourth-order valence-electron chi connectivity index (χ4n) is 4.20. The first-order valence-corrected chi connectivity index (χ1v) is 12.4. The minimum Gasteiger partial charge on any atom is -0.464 e. The molecule has 5 rings (SSSR count). The van der Waals surface area contributed by atoms with Crippen molar-refractivity contribution in [2.45, 2.75) is 51.8 Å². The highest BCUT2D eigenvalue weighted by molar-refractivity contribution is 7.20. The van der Waals surface area contributed by atoms with Crippen LogP contribution in [0.4, 0.5) is 4.79 Å². The van der Waals surface area contributed by atoms with Gasteiger partial charge in [0.15, 0.2) is 0 Å². The predicted octanol–water partition coefficient (Wildman–Crippen LogP) is 6.32. The lowest BCUT2D eigenvalue weighted by atomic mass is 10.0. The number of carbonyl (C=O) groups excluding carboxylic acids is 1. The smallest absolute Gasteiger partial charge is 0.407 e. The van der Waals surface area contributed by atoms with E-state index >= 15 is 0 Å². The Bertz CT molecular complexity index is 1270.